The highest BCUT2D eigenvalue weighted by Gasteiger charge is 2.16. The molecule has 3 aromatic rings. The summed E-state index contributed by atoms with van der Waals surface area (Å²) in [4.78, 5) is 23.6. The number of carboxylic acids is 1. The molecule has 0 fully saturated rings. The zero-order valence-corrected chi connectivity index (χ0v) is 15.8. The van der Waals surface area contributed by atoms with Gasteiger partial charge in [0, 0.05) is 22.2 Å². The quantitative estimate of drug-likeness (QED) is 0.552. The van der Waals surface area contributed by atoms with Crippen LogP contribution < -0.4 is 5.43 Å². The molecule has 1 aromatic heterocycles. The molecule has 0 spiro atoms. The molecule has 0 saturated carbocycles. The highest BCUT2D eigenvalue weighted by Crippen LogP contribution is 2.25. The Morgan fingerprint density at radius 3 is 2.37 bits per heavy atom. The third-order valence-corrected chi connectivity index (χ3v) is 4.59. The number of aryl methyl sites for hydroxylation is 1. The fourth-order valence-corrected chi connectivity index (χ4v) is 2.98. The van der Waals surface area contributed by atoms with Gasteiger partial charge in [0.1, 0.15) is 5.75 Å². The van der Waals surface area contributed by atoms with E-state index < -0.39 is 11.9 Å². The Hall–Kier alpha value is -3.06. The fraction of sp³-hybridized carbons (Fsp3) is 0.100. The Labute approximate surface area is 164 Å². The zero-order chi connectivity index (χ0) is 19.4. The first-order valence-electron chi connectivity index (χ1n) is 8.23. The first-order chi connectivity index (χ1) is 13.0. The van der Waals surface area contributed by atoms with Gasteiger partial charge in [-0.2, -0.15) is 0 Å². The Morgan fingerprint density at radius 2 is 1.70 bits per heavy atom. The van der Waals surface area contributed by atoms with Crippen molar-refractivity contribution in [2.24, 2.45) is 0 Å². The first kappa shape index (κ1) is 18.7. The number of carbonyl (C=O) groups is 2. The minimum absolute atomic E-state index is 0.0593. The number of nitrogens with one attached hydrogen (secondary N) is 1. The van der Waals surface area contributed by atoms with E-state index in [0.29, 0.717) is 11.4 Å². The first-order valence-corrected chi connectivity index (χ1v) is 9.02. The smallest absolute Gasteiger partial charge is 0.303 e. The number of nitrogens with zero attached hydrogens (tertiary/aromatic N) is 1. The van der Waals surface area contributed by atoms with E-state index >= 15 is 0 Å². The molecule has 0 aliphatic rings. The lowest BCUT2D eigenvalue weighted by atomic mass is 10.1. The number of hydrogen-bond donors (Lipinski definition) is 3. The van der Waals surface area contributed by atoms with Gasteiger partial charge in [-0.1, -0.05) is 40.2 Å². The number of para-hydroxylation sites is 1. The third-order valence-electron chi connectivity index (χ3n) is 4.06. The molecule has 0 aliphatic carbocycles. The van der Waals surface area contributed by atoms with E-state index in [1.807, 2.05) is 30.3 Å². The summed E-state index contributed by atoms with van der Waals surface area (Å²) in [7, 11) is 0. The molecular formula is C20H17BrN2O4. The highest BCUT2D eigenvalue weighted by molar-refractivity contribution is 9.10. The maximum Gasteiger partial charge on any atom is 0.303 e. The van der Waals surface area contributed by atoms with Crippen molar-refractivity contribution in [1.82, 2.24) is 4.68 Å². The molecule has 27 heavy (non-hydrogen) atoms. The lowest BCUT2D eigenvalue weighted by molar-refractivity contribution is -0.136. The summed E-state index contributed by atoms with van der Waals surface area (Å²) in [6, 6.07) is 17.4. The molecular weight excluding hydrogens is 412 g/mol. The van der Waals surface area contributed by atoms with E-state index in [0.717, 1.165) is 10.0 Å². The van der Waals surface area contributed by atoms with Crippen LogP contribution in [0.1, 0.15) is 22.5 Å². The van der Waals surface area contributed by atoms with Crippen LogP contribution in [-0.4, -0.2) is 26.8 Å². The van der Waals surface area contributed by atoms with Gasteiger partial charge >= 0.3 is 5.97 Å². The average Bonchev–Trinajstić information content (AvgIpc) is 3.03. The number of benzene rings is 2. The number of aliphatic carboxylic acids is 1. The number of halogens is 1. The van der Waals surface area contributed by atoms with Crippen LogP contribution in [0.4, 0.5) is 0 Å². The number of carboxylic acid groups (broad SMARTS) is 1. The summed E-state index contributed by atoms with van der Waals surface area (Å²) in [6.07, 6.45) is 0.198. The van der Waals surface area contributed by atoms with Gasteiger partial charge in [0.15, 0.2) is 0 Å². The topological polar surface area (TPSA) is 91.6 Å². The number of phenolic OH excluding ortho intramolecular Hbond substituents is 1. The van der Waals surface area contributed by atoms with Gasteiger partial charge in [0.2, 0.25) is 0 Å². The number of aromatic nitrogens is 1. The second-order valence-electron chi connectivity index (χ2n) is 5.90. The average molecular weight is 429 g/mol. The van der Waals surface area contributed by atoms with Gasteiger partial charge in [0.25, 0.3) is 5.91 Å². The lowest BCUT2D eigenvalue weighted by Crippen LogP contribution is -2.25. The molecule has 0 unspecified atom stereocenters. The van der Waals surface area contributed by atoms with Crippen molar-refractivity contribution in [3.8, 4) is 17.0 Å². The minimum atomic E-state index is -0.917. The van der Waals surface area contributed by atoms with Crippen LogP contribution >= 0.6 is 15.9 Å². The van der Waals surface area contributed by atoms with Crippen molar-refractivity contribution in [3.05, 3.63) is 76.4 Å². The summed E-state index contributed by atoms with van der Waals surface area (Å²) in [6.45, 7) is 0. The number of hydrogen-bond acceptors (Lipinski definition) is 3. The summed E-state index contributed by atoms with van der Waals surface area (Å²) in [5.41, 5.74) is 5.13. The van der Waals surface area contributed by atoms with Crippen LogP contribution in [-0.2, 0) is 11.2 Å². The van der Waals surface area contributed by atoms with Crippen molar-refractivity contribution in [3.63, 3.8) is 0 Å². The number of rotatable bonds is 6. The van der Waals surface area contributed by atoms with Crippen molar-refractivity contribution in [2.45, 2.75) is 12.8 Å². The molecule has 138 valence electrons. The summed E-state index contributed by atoms with van der Waals surface area (Å²) in [5, 5.41) is 18.9. The van der Waals surface area contributed by atoms with Gasteiger partial charge in [-0.3, -0.25) is 19.7 Å². The molecule has 6 nitrogen and oxygen atoms in total. The molecule has 2 aromatic carbocycles. The normalized spacial score (nSPS) is 10.6. The maximum atomic E-state index is 12.6. The highest BCUT2D eigenvalue weighted by atomic mass is 79.9. The monoisotopic (exact) mass is 428 g/mol. The molecule has 7 heteroatoms. The lowest BCUT2D eigenvalue weighted by Gasteiger charge is -2.15. The van der Waals surface area contributed by atoms with Gasteiger partial charge < -0.3 is 10.2 Å². The van der Waals surface area contributed by atoms with Crippen LogP contribution in [0.5, 0.6) is 5.75 Å². The van der Waals surface area contributed by atoms with Gasteiger partial charge in [0.05, 0.1) is 17.7 Å². The van der Waals surface area contributed by atoms with Crippen LogP contribution in [0.25, 0.3) is 11.3 Å². The number of aromatic hydroxyl groups is 1. The Kier molecular flexibility index (Phi) is 5.61. The SMILES string of the molecule is O=C(O)CCc1ccc(-c2ccc(Br)cc2)n1NC(=O)c1ccccc1O. The van der Waals surface area contributed by atoms with Crippen LogP contribution in [0, 0.1) is 0 Å². The van der Waals surface area contributed by atoms with Crippen molar-refractivity contribution in [1.29, 1.82) is 0 Å². The molecule has 0 saturated heterocycles. The maximum absolute atomic E-state index is 12.6. The molecule has 0 radical (unpaired) electrons. The van der Waals surface area contributed by atoms with Crippen LogP contribution in [0.15, 0.2) is 65.1 Å². The summed E-state index contributed by atoms with van der Waals surface area (Å²) >= 11 is 3.39. The van der Waals surface area contributed by atoms with E-state index in [4.69, 9.17) is 5.11 Å². The second kappa shape index (κ2) is 8.09. The zero-order valence-electron chi connectivity index (χ0n) is 14.2. The Morgan fingerprint density at radius 1 is 1.00 bits per heavy atom. The standard InChI is InChI=1S/C20H17BrN2O4/c21-14-7-5-13(6-8-14)17-11-9-15(10-12-19(25)26)23(17)22-20(27)16-3-1-2-4-18(16)24/h1-9,11,24H,10,12H2,(H,22,27)(H,25,26). The van der Waals surface area contributed by atoms with E-state index in [1.54, 1.807) is 22.9 Å². The molecule has 0 atom stereocenters. The molecule has 3 N–H and O–H groups in total. The number of amides is 1. The third kappa shape index (κ3) is 4.38. The minimum Gasteiger partial charge on any atom is -0.507 e. The van der Waals surface area contributed by atoms with Crippen molar-refractivity contribution < 1.29 is 19.8 Å². The van der Waals surface area contributed by atoms with Crippen molar-refractivity contribution >= 4 is 27.8 Å². The second-order valence-corrected chi connectivity index (χ2v) is 6.82. The van der Waals surface area contributed by atoms with E-state index in [-0.39, 0.29) is 24.2 Å². The predicted molar refractivity (Wildman–Crippen MR) is 105 cm³/mol. The van der Waals surface area contributed by atoms with E-state index in [2.05, 4.69) is 21.4 Å². The van der Waals surface area contributed by atoms with Crippen LogP contribution in [0.2, 0.25) is 0 Å². The molecule has 1 amide bonds. The molecule has 3 rings (SSSR count). The predicted octanol–water partition coefficient (Wildman–Crippen LogP) is 4.02. The fourth-order valence-electron chi connectivity index (χ4n) is 2.71. The summed E-state index contributed by atoms with van der Waals surface area (Å²) in [5.74, 6) is -1.53. The van der Waals surface area contributed by atoms with Crippen LogP contribution in [0.3, 0.4) is 0 Å². The molecule has 1 heterocycles. The molecule has 0 aliphatic heterocycles. The van der Waals surface area contributed by atoms with E-state index in [9.17, 15) is 14.7 Å². The van der Waals surface area contributed by atoms with E-state index in [1.165, 1.54) is 12.1 Å². The Balaban J connectivity index is 1.98. The Bertz CT molecular complexity index is 980. The van der Waals surface area contributed by atoms with Gasteiger partial charge in [-0.15, -0.1) is 0 Å². The van der Waals surface area contributed by atoms with Gasteiger partial charge in [-0.05, 0) is 36.4 Å². The largest absolute Gasteiger partial charge is 0.507 e. The number of phenols is 1. The molecule has 0 bridgehead atoms. The number of carbonyl (C=O) groups excluding carboxylic acids is 1. The van der Waals surface area contributed by atoms with Gasteiger partial charge in [-0.25, -0.2) is 0 Å². The van der Waals surface area contributed by atoms with Crippen molar-refractivity contribution in [2.75, 3.05) is 5.43 Å². The summed E-state index contributed by atoms with van der Waals surface area (Å²) < 4.78 is 2.50.